The molecule has 0 saturated carbocycles. The fourth-order valence-electron chi connectivity index (χ4n) is 2.95. The summed E-state index contributed by atoms with van der Waals surface area (Å²) in [5.41, 5.74) is 10.3. The molecule has 2 nitrogen and oxygen atoms in total. The Labute approximate surface area is 105 Å². The number of hydrogen-bond donors (Lipinski definition) is 1. The Morgan fingerprint density at radius 2 is 2.12 bits per heavy atom. The van der Waals surface area contributed by atoms with Gasteiger partial charge in [0.05, 0.1) is 0 Å². The van der Waals surface area contributed by atoms with Gasteiger partial charge in [-0.2, -0.15) is 0 Å². The van der Waals surface area contributed by atoms with E-state index in [0.717, 1.165) is 6.54 Å². The summed E-state index contributed by atoms with van der Waals surface area (Å²) in [6, 6.07) is 6.45. The van der Waals surface area contributed by atoms with Crippen molar-refractivity contribution in [1.29, 1.82) is 0 Å². The highest BCUT2D eigenvalue weighted by Crippen LogP contribution is 2.34. The topological polar surface area (TPSA) is 29.3 Å². The molecule has 94 valence electrons. The monoisotopic (exact) mass is 232 g/mol. The van der Waals surface area contributed by atoms with Crippen LogP contribution in [0.25, 0.3) is 0 Å². The average Bonchev–Trinajstić information content (AvgIpc) is 2.27. The number of benzene rings is 1. The number of rotatable bonds is 2. The lowest BCUT2D eigenvalue weighted by Gasteiger charge is -2.41. The Morgan fingerprint density at radius 3 is 2.76 bits per heavy atom. The summed E-state index contributed by atoms with van der Waals surface area (Å²) in [6.07, 6.45) is 2.61. The Bertz CT molecular complexity index is 396. The molecule has 2 heteroatoms. The Kier molecular flexibility index (Phi) is 3.43. The van der Waals surface area contributed by atoms with Crippen molar-refractivity contribution in [2.45, 2.75) is 40.2 Å². The second-order valence-electron chi connectivity index (χ2n) is 5.98. The summed E-state index contributed by atoms with van der Waals surface area (Å²) in [5.74, 6) is 0. The van der Waals surface area contributed by atoms with Gasteiger partial charge in [-0.1, -0.05) is 32.0 Å². The molecule has 1 fully saturated rings. The number of para-hydroxylation sites is 1. The molecule has 1 heterocycles. The number of aryl methyl sites for hydroxylation is 1. The molecule has 1 aromatic rings. The van der Waals surface area contributed by atoms with Crippen LogP contribution in [0.5, 0.6) is 0 Å². The summed E-state index contributed by atoms with van der Waals surface area (Å²) in [6.45, 7) is 9.86. The molecule has 2 rings (SSSR count). The van der Waals surface area contributed by atoms with Gasteiger partial charge in [-0.15, -0.1) is 0 Å². The second kappa shape index (κ2) is 4.69. The highest BCUT2D eigenvalue weighted by atomic mass is 15.1. The average molecular weight is 232 g/mol. The molecule has 0 aliphatic carbocycles. The zero-order chi connectivity index (χ0) is 12.5. The maximum absolute atomic E-state index is 5.87. The fraction of sp³-hybridized carbons (Fsp3) is 0.600. The fourth-order valence-corrected chi connectivity index (χ4v) is 2.95. The minimum absolute atomic E-state index is 0.423. The van der Waals surface area contributed by atoms with Crippen LogP contribution in [0.3, 0.4) is 0 Å². The maximum Gasteiger partial charge on any atom is 0.0441 e. The summed E-state index contributed by atoms with van der Waals surface area (Å²) in [7, 11) is 0. The lowest BCUT2D eigenvalue weighted by atomic mass is 9.83. The van der Waals surface area contributed by atoms with Crippen LogP contribution < -0.4 is 10.6 Å². The zero-order valence-corrected chi connectivity index (χ0v) is 11.3. The number of anilines is 1. The molecule has 0 aromatic heterocycles. The van der Waals surface area contributed by atoms with Gasteiger partial charge in [0.1, 0.15) is 0 Å². The van der Waals surface area contributed by atoms with Gasteiger partial charge in [-0.25, -0.2) is 0 Å². The third-order valence-electron chi connectivity index (χ3n) is 3.76. The Hall–Kier alpha value is -1.02. The first-order valence-corrected chi connectivity index (χ1v) is 6.57. The van der Waals surface area contributed by atoms with Crippen LogP contribution in [-0.2, 0) is 6.54 Å². The summed E-state index contributed by atoms with van der Waals surface area (Å²) < 4.78 is 0. The Balaban J connectivity index is 2.33. The molecule has 1 saturated heterocycles. The molecule has 2 N–H and O–H groups in total. The van der Waals surface area contributed by atoms with Crippen molar-refractivity contribution in [2.24, 2.45) is 11.1 Å². The molecule has 0 unspecified atom stereocenters. The van der Waals surface area contributed by atoms with Gasteiger partial charge in [0.2, 0.25) is 0 Å². The van der Waals surface area contributed by atoms with Crippen LogP contribution in [0.15, 0.2) is 18.2 Å². The number of nitrogens with two attached hydrogens (primary N) is 1. The third kappa shape index (κ3) is 2.63. The predicted molar refractivity (Wildman–Crippen MR) is 74.3 cm³/mol. The second-order valence-corrected chi connectivity index (χ2v) is 5.98. The normalized spacial score (nSPS) is 19.4. The van der Waals surface area contributed by atoms with E-state index in [0.29, 0.717) is 12.0 Å². The van der Waals surface area contributed by atoms with Crippen LogP contribution in [0.4, 0.5) is 5.69 Å². The van der Waals surface area contributed by atoms with Gasteiger partial charge in [-0.3, -0.25) is 0 Å². The van der Waals surface area contributed by atoms with Crippen molar-refractivity contribution < 1.29 is 0 Å². The van der Waals surface area contributed by atoms with Crippen LogP contribution in [-0.4, -0.2) is 13.1 Å². The molecule has 0 radical (unpaired) electrons. The molecular weight excluding hydrogens is 208 g/mol. The molecule has 0 bridgehead atoms. The van der Waals surface area contributed by atoms with E-state index in [9.17, 15) is 0 Å². The summed E-state index contributed by atoms with van der Waals surface area (Å²) >= 11 is 0. The van der Waals surface area contributed by atoms with Crippen molar-refractivity contribution in [3.05, 3.63) is 29.3 Å². The van der Waals surface area contributed by atoms with Crippen LogP contribution in [0.1, 0.15) is 37.8 Å². The largest absolute Gasteiger partial charge is 0.371 e. The standard InChI is InChI=1S/C15H24N2/c1-12-6-4-7-13(10-16)14(12)17-9-5-8-15(2,3)11-17/h4,6-7H,5,8-11,16H2,1-3H3. The van der Waals surface area contributed by atoms with Crippen molar-refractivity contribution in [2.75, 3.05) is 18.0 Å². The SMILES string of the molecule is Cc1cccc(CN)c1N1CCCC(C)(C)C1. The molecule has 17 heavy (non-hydrogen) atoms. The van der Waals surface area contributed by atoms with E-state index in [-0.39, 0.29) is 0 Å². The molecule has 1 aliphatic heterocycles. The van der Waals surface area contributed by atoms with E-state index in [1.165, 1.54) is 36.2 Å². The Morgan fingerprint density at radius 1 is 1.35 bits per heavy atom. The first-order valence-electron chi connectivity index (χ1n) is 6.57. The highest BCUT2D eigenvalue weighted by molar-refractivity contribution is 5.59. The summed E-state index contributed by atoms with van der Waals surface area (Å²) in [5, 5.41) is 0. The first kappa shape index (κ1) is 12.4. The smallest absolute Gasteiger partial charge is 0.0441 e. The molecule has 0 atom stereocenters. The zero-order valence-electron chi connectivity index (χ0n) is 11.3. The van der Waals surface area contributed by atoms with Crippen LogP contribution >= 0.6 is 0 Å². The van der Waals surface area contributed by atoms with Crippen molar-refractivity contribution >= 4 is 5.69 Å². The predicted octanol–water partition coefficient (Wildman–Crippen LogP) is 3.08. The number of piperidine rings is 1. The van der Waals surface area contributed by atoms with Gasteiger partial charge in [0.15, 0.2) is 0 Å². The van der Waals surface area contributed by atoms with E-state index in [2.05, 4.69) is 43.9 Å². The number of nitrogens with zero attached hydrogens (tertiary/aromatic N) is 1. The number of hydrogen-bond acceptors (Lipinski definition) is 2. The van der Waals surface area contributed by atoms with Gasteiger partial charge < -0.3 is 10.6 Å². The van der Waals surface area contributed by atoms with Gasteiger partial charge in [0, 0.05) is 25.3 Å². The lowest BCUT2D eigenvalue weighted by molar-refractivity contribution is 0.292. The molecular formula is C15H24N2. The van der Waals surface area contributed by atoms with E-state index < -0.39 is 0 Å². The van der Waals surface area contributed by atoms with E-state index in [4.69, 9.17) is 5.73 Å². The molecule has 0 spiro atoms. The molecule has 0 amide bonds. The van der Waals surface area contributed by atoms with Crippen LogP contribution in [0, 0.1) is 12.3 Å². The van der Waals surface area contributed by atoms with Crippen LogP contribution in [0.2, 0.25) is 0 Å². The molecule has 1 aromatic carbocycles. The highest BCUT2D eigenvalue weighted by Gasteiger charge is 2.27. The first-order chi connectivity index (χ1) is 8.03. The molecule has 1 aliphatic rings. The van der Waals surface area contributed by atoms with E-state index in [1.807, 2.05) is 0 Å². The van der Waals surface area contributed by atoms with Crippen molar-refractivity contribution in [3.8, 4) is 0 Å². The van der Waals surface area contributed by atoms with Gasteiger partial charge in [0.25, 0.3) is 0 Å². The van der Waals surface area contributed by atoms with E-state index >= 15 is 0 Å². The third-order valence-corrected chi connectivity index (χ3v) is 3.76. The maximum atomic E-state index is 5.87. The van der Waals surface area contributed by atoms with E-state index in [1.54, 1.807) is 0 Å². The minimum atomic E-state index is 0.423. The summed E-state index contributed by atoms with van der Waals surface area (Å²) in [4.78, 5) is 2.53. The van der Waals surface area contributed by atoms with Crippen molar-refractivity contribution in [3.63, 3.8) is 0 Å². The van der Waals surface area contributed by atoms with Gasteiger partial charge in [-0.05, 0) is 36.3 Å². The lowest BCUT2D eigenvalue weighted by Crippen LogP contribution is -2.41. The van der Waals surface area contributed by atoms with Crippen molar-refractivity contribution in [1.82, 2.24) is 0 Å². The quantitative estimate of drug-likeness (QED) is 0.849. The minimum Gasteiger partial charge on any atom is -0.371 e. The van der Waals surface area contributed by atoms with Gasteiger partial charge >= 0.3 is 0 Å².